The molecule has 0 fully saturated rings. The lowest BCUT2D eigenvalue weighted by molar-refractivity contribution is 0.199. The molecule has 0 bridgehead atoms. The largest absolute Gasteiger partial charge is 0.454 e. The van der Waals surface area contributed by atoms with Crippen molar-refractivity contribution in [3.05, 3.63) is 22.6 Å². The maximum Gasteiger partial charge on any atom is 0.169 e. The van der Waals surface area contributed by atoms with Crippen molar-refractivity contribution >= 4 is 15.9 Å². The van der Waals surface area contributed by atoms with Crippen LogP contribution in [0.25, 0.3) is 0 Å². The van der Waals surface area contributed by atoms with Crippen molar-refractivity contribution in [3.63, 3.8) is 0 Å². The van der Waals surface area contributed by atoms with Gasteiger partial charge in [0.05, 0.1) is 6.61 Å². The van der Waals surface area contributed by atoms with Gasteiger partial charge in [0.15, 0.2) is 4.67 Å². The van der Waals surface area contributed by atoms with E-state index in [1.807, 2.05) is 12.1 Å². The van der Waals surface area contributed by atoms with Crippen LogP contribution in [-0.2, 0) is 11.2 Å². The Morgan fingerprint density at radius 3 is 2.92 bits per heavy atom. The Labute approximate surface area is 86.6 Å². The average Bonchev–Trinajstić information content (AvgIpc) is 2.51. The molecule has 0 aromatic carbocycles. The van der Waals surface area contributed by atoms with Gasteiger partial charge in [0, 0.05) is 26.6 Å². The molecule has 1 rings (SSSR count). The summed E-state index contributed by atoms with van der Waals surface area (Å²) >= 11 is 3.26. The lowest BCUT2D eigenvalue weighted by Crippen LogP contribution is -2.21. The van der Waals surface area contributed by atoms with Crippen LogP contribution in [0.1, 0.15) is 5.76 Å². The fourth-order valence-corrected chi connectivity index (χ4v) is 1.34. The summed E-state index contributed by atoms with van der Waals surface area (Å²) in [5.41, 5.74) is 0. The topological polar surface area (TPSA) is 34.4 Å². The third kappa shape index (κ3) is 4.45. The molecule has 0 aliphatic carbocycles. The van der Waals surface area contributed by atoms with Crippen LogP contribution in [0.15, 0.2) is 21.2 Å². The highest BCUT2D eigenvalue weighted by Crippen LogP contribution is 2.13. The Hall–Kier alpha value is -0.320. The summed E-state index contributed by atoms with van der Waals surface area (Å²) in [5, 5.41) is 3.24. The van der Waals surface area contributed by atoms with Gasteiger partial charge in [-0.1, -0.05) is 0 Å². The summed E-state index contributed by atoms with van der Waals surface area (Å²) in [6, 6.07) is 3.88. The van der Waals surface area contributed by atoms with Crippen molar-refractivity contribution in [1.29, 1.82) is 0 Å². The molecule has 0 aliphatic rings. The van der Waals surface area contributed by atoms with Crippen LogP contribution in [0.5, 0.6) is 0 Å². The van der Waals surface area contributed by atoms with E-state index in [9.17, 15) is 0 Å². The van der Waals surface area contributed by atoms with Crippen molar-refractivity contribution in [2.24, 2.45) is 0 Å². The summed E-state index contributed by atoms with van der Waals surface area (Å²) in [6.07, 6.45) is 0.912. The fraction of sp³-hybridized carbons (Fsp3) is 0.556. The maximum absolute atomic E-state index is 5.34. The van der Waals surface area contributed by atoms with E-state index in [2.05, 4.69) is 21.2 Å². The van der Waals surface area contributed by atoms with Gasteiger partial charge in [0.25, 0.3) is 0 Å². The molecular weight excluding hydrogens is 234 g/mol. The van der Waals surface area contributed by atoms with Crippen molar-refractivity contribution < 1.29 is 9.15 Å². The zero-order valence-electron chi connectivity index (χ0n) is 7.68. The fourth-order valence-electron chi connectivity index (χ4n) is 0.997. The predicted octanol–water partition coefficient (Wildman–Crippen LogP) is 1.82. The van der Waals surface area contributed by atoms with Gasteiger partial charge >= 0.3 is 0 Å². The monoisotopic (exact) mass is 247 g/mol. The summed E-state index contributed by atoms with van der Waals surface area (Å²) in [4.78, 5) is 0. The summed E-state index contributed by atoms with van der Waals surface area (Å²) in [5.74, 6) is 0.997. The molecule has 1 aromatic rings. The molecular formula is C9H14BrNO2. The summed E-state index contributed by atoms with van der Waals surface area (Å²) in [7, 11) is 1.70. The highest BCUT2D eigenvalue weighted by atomic mass is 79.9. The number of hydrogen-bond donors (Lipinski definition) is 1. The zero-order valence-corrected chi connectivity index (χ0v) is 9.26. The molecule has 0 unspecified atom stereocenters. The third-order valence-corrected chi connectivity index (χ3v) is 2.09. The maximum atomic E-state index is 5.34. The summed E-state index contributed by atoms with van der Waals surface area (Å²) < 4.78 is 11.0. The molecule has 3 nitrogen and oxygen atoms in total. The molecule has 0 radical (unpaired) electrons. The molecule has 4 heteroatoms. The highest BCUT2D eigenvalue weighted by Gasteiger charge is 1.97. The van der Waals surface area contributed by atoms with E-state index in [4.69, 9.17) is 9.15 Å². The van der Waals surface area contributed by atoms with Crippen LogP contribution in [0.2, 0.25) is 0 Å². The van der Waals surface area contributed by atoms with Gasteiger partial charge < -0.3 is 14.5 Å². The third-order valence-electron chi connectivity index (χ3n) is 1.66. The second kappa shape index (κ2) is 6.18. The molecule has 1 heterocycles. The molecule has 1 aromatic heterocycles. The van der Waals surface area contributed by atoms with Gasteiger partial charge in [-0.2, -0.15) is 0 Å². The minimum atomic E-state index is 0.752. The Morgan fingerprint density at radius 1 is 1.46 bits per heavy atom. The number of ether oxygens (including phenoxy) is 1. The first-order valence-corrected chi connectivity index (χ1v) is 5.06. The van der Waals surface area contributed by atoms with Gasteiger partial charge in [-0.15, -0.1) is 0 Å². The number of methoxy groups -OCH3 is 1. The lowest BCUT2D eigenvalue weighted by atomic mass is 10.3. The van der Waals surface area contributed by atoms with E-state index in [1.165, 1.54) is 0 Å². The van der Waals surface area contributed by atoms with E-state index < -0.39 is 0 Å². The Morgan fingerprint density at radius 2 is 2.31 bits per heavy atom. The number of rotatable bonds is 6. The molecule has 0 amide bonds. The lowest BCUT2D eigenvalue weighted by Gasteiger charge is -2.01. The molecule has 0 saturated heterocycles. The first-order valence-electron chi connectivity index (χ1n) is 4.27. The minimum absolute atomic E-state index is 0.752. The van der Waals surface area contributed by atoms with Gasteiger partial charge in [0.2, 0.25) is 0 Å². The van der Waals surface area contributed by atoms with Crippen molar-refractivity contribution in [2.75, 3.05) is 26.8 Å². The predicted molar refractivity (Wildman–Crippen MR) is 54.9 cm³/mol. The first-order chi connectivity index (χ1) is 6.33. The molecule has 0 atom stereocenters. The van der Waals surface area contributed by atoms with E-state index in [0.29, 0.717) is 0 Å². The van der Waals surface area contributed by atoms with Gasteiger partial charge in [0.1, 0.15) is 5.76 Å². The van der Waals surface area contributed by atoms with Gasteiger partial charge in [-0.05, 0) is 28.1 Å². The molecule has 0 spiro atoms. The number of nitrogens with one attached hydrogen (secondary N) is 1. The van der Waals surface area contributed by atoms with Crippen molar-refractivity contribution in [2.45, 2.75) is 6.42 Å². The van der Waals surface area contributed by atoms with Crippen molar-refractivity contribution in [3.8, 4) is 0 Å². The van der Waals surface area contributed by atoms with E-state index >= 15 is 0 Å². The SMILES string of the molecule is COCCNCCc1ccc(Br)o1. The Balaban J connectivity index is 2.06. The normalized spacial score (nSPS) is 10.6. The quantitative estimate of drug-likeness (QED) is 0.780. The van der Waals surface area contributed by atoms with Crippen LogP contribution < -0.4 is 5.32 Å². The zero-order chi connectivity index (χ0) is 9.52. The second-order valence-electron chi connectivity index (χ2n) is 2.70. The van der Waals surface area contributed by atoms with Crippen LogP contribution >= 0.6 is 15.9 Å². The van der Waals surface area contributed by atoms with E-state index in [-0.39, 0.29) is 0 Å². The molecule has 0 saturated carbocycles. The molecule has 1 N–H and O–H groups in total. The standard InChI is InChI=1S/C9H14BrNO2/c1-12-7-6-11-5-4-8-2-3-9(10)13-8/h2-3,11H,4-7H2,1H3. The first kappa shape index (κ1) is 10.8. The van der Waals surface area contributed by atoms with Crippen LogP contribution in [0, 0.1) is 0 Å². The molecule has 74 valence electrons. The Kier molecular flexibility index (Phi) is 5.12. The van der Waals surface area contributed by atoms with E-state index in [0.717, 1.165) is 36.5 Å². The summed E-state index contributed by atoms with van der Waals surface area (Å²) in [6.45, 7) is 2.56. The molecule has 13 heavy (non-hydrogen) atoms. The smallest absolute Gasteiger partial charge is 0.169 e. The average molecular weight is 248 g/mol. The van der Waals surface area contributed by atoms with Gasteiger partial charge in [-0.3, -0.25) is 0 Å². The number of hydrogen-bond acceptors (Lipinski definition) is 3. The molecule has 0 aliphatic heterocycles. The minimum Gasteiger partial charge on any atom is -0.454 e. The van der Waals surface area contributed by atoms with Crippen LogP contribution in [0.4, 0.5) is 0 Å². The van der Waals surface area contributed by atoms with Crippen LogP contribution in [0.3, 0.4) is 0 Å². The van der Waals surface area contributed by atoms with Crippen molar-refractivity contribution in [1.82, 2.24) is 5.32 Å². The number of halogens is 1. The van der Waals surface area contributed by atoms with Crippen LogP contribution in [-0.4, -0.2) is 26.8 Å². The Bertz CT molecular complexity index is 237. The highest BCUT2D eigenvalue weighted by molar-refractivity contribution is 9.10. The van der Waals surface area contributed by atoms with Gasteiger partial charge in [-0.25, -0.2) is 0 Å². The number of furan rings is 1. The second-order valence-corrected chi connectivity index (χ2v) is 3.48. The van der Waals surface area contributed by atoms with E-state index in [1.54, 1.807) is 7.11 Å².